The summed E-state index contributed by atoms with van der Waals surface area (Å²) < 4.78 is 9.76. The van der Waals surface area contributed by atoms with Crippen molar-refractivity contribution in [3.8, 4) is 17.9 Å². The number of nitriles is 2. The highest BCUT2D eigenvalue weighted by Gasteiger charge is 2.03. The first-order valence-corrected chi connectivity index (χ1v) is 7.08. The maximum atomic E-state index is 11.0. The molecule has 0 unspecified atom stereocenters. The molecule has 5 heteroatoms. The van der Waals surface area contributed by atoms with Gasteiger partial charge in [-0.25, -0.2) is 4.79 Å². The fourth-order valence-corrected chi connectivity index (χ4v) is 1.93. The minimum Gasteiger partial charge on any atom is -0.482 e. The third-order valence-electron chi connectivity index (χ3n) is 3.22. The number of ether oxygens (including phenoxy) is 2. The molecule has 24 heavy (non-hydrogen) atoms. The third kappa shape index (κ3) is 4.46. The Morgan fingerprint density at radius 1 is 1.08 bits per heavy atom. The zero-order valence-corrected chi connectivity index (χ0v) is 13.0. The Labute approximate surface area is 140 Å². The smallest absolute Gasteiger partial charge is 0.343 e. The van der Waals surface area contributed by atoms with Crippen LogP contribution >= 0.6 is 0 Å². The van der Waals surface area contributed by atoms with Gasteiger partial charge in [-0.15, -0.1) is 0 Å². The van der Waals surface area contributed by atoms with Crippen LogP contribution in [-0.4, -0.2) is 19.7 Å². The average Bonchev–Trinajstić information content (AvgIpc) is 2.65. The molecular formula is C19H14N2O3. The van der Waals surface area contributed by atoms with E-state index < -0.39 is 5.97 Å². The number of rotatable bonds is 5. The lowest BCUT2D eigenvalue weighted by Gasteiger charge is -2.05. The van der Waals surface area contributed by atoms with Gasteiger partial charge in [0, 0.05) is 0 Å². The van der Waals surface area contributed by atoms with E-state index in [1.165, 1.54) is 7.11 Å². The summed E-state index contributed by atoms with van der Waals surface area (Å²) in [5.74, 6) is 0.0842. The summed E-state index contributed by atoms with van der Waals surface area (Å²) in [7, 11) is 1.30. The van der Waals surface area contributed by atoms with Crippen LogP contribution in [0.15, 0.2) is 48.5 Å². The van der Waals surface area contributed by atoms with Crippen molar-refractivity contribution >= 4 is 17.6 Å². The number of allylic oxidation sites excluding steroid dienone is 1. The molecule has 0 aromatic heterocycles. The molecule has 0 radical (unpaired) electrons. The molecule has 0 aliphatic rings. The van der Waals surface area contributed by atoms with Crippen molar-refractivity contribution in [2.24, 2.45) is 0 Å². The summed E-state index contributed by atoms with van der Waals surface area (Å²) in [5, 5.41) is 18.1. The molecule has 0 amide bonds. The second-order valence-electron chi connectivity index (χ2n) is 4.79. The van der Waals surface area contributed by atoms with Crippen LogP contribution in [0, 0.1) is 22.7 Å². The molecule has 0 aliphatic carbocycles. The number of carbonyl (C=O) groups excluding carboxylic acids is 1. The molecule has 0 heterocycles. The zero-order valence-electron chi connectivity index (χ0n) is 13.0. The number of hydrogen-bond acceptors (Lipinski definition) is 5. The molecule has 2 aromatic rings. The highest BCUT2D eigenvalue weighted by atomic mass is 16.6. The van der Waals surface area contributed by atoms with Crippen LogP contribution in [0.5, 0.6) is 5.75 Å². The van der Waals surface area contributed by atoms with E-state index in [2.05, 4.69) is 10.8 Å². The highest BCUT2D eigenvalue weighted by molar-refractivity contribution is 5.89. The average molecular weight is 318 g/mol. The molecule has 0 bridgehead atoms. The molecule has 0 saturated carbocycles. The predicted octanol–water partition coefficient (Wildman–Crippen LogP) is 3.17. The summed E-state index contributed by atoms with van der Waals surface area (Å²) in [6.07, 6.45) is 1.74. The van der Waals surface area contributed by atoms with Gasteiger partial charge >= 0.3 is 5.97 Å². The lowest BCUT2D eigenvalue weighted by molar-refractivity contribution is -0.142. The standard InChI is InChI=1S/C19H14N2O3/c1-23-19(22)13-24-18-8-4-14(5-9-18)10-17(12-21)16-6-2-15(11-20)3-7-16/h2-10H,13H2,1H3. The van der Waals surface area contributed by atoms with Gasteiger partial charge in [0.1, 0.15) is 5.75 Å². The van der Waals surface area contributed by atoms with Crippen LogP contribution in [0.4, 0.5) is 0 Å². The second kappa shape index (κ2) is 8.17. The molecule has 118 valence electrons. The number of methoxy groups -OCH3 is 1. The van der Waals surface area contributed by atoms with Gasteiger partial charge in [0.2, 0.25) is 0 Å². The fraction of sp³-hybridized carbons (Fsp3) is 0.105. The Kier molecular flexibility index (Phi) is 5.71. The number of carbonyl (C=O) groups is 1. The highest BCUT2D eigenvalue weighted by Crippen LogP contribution is 2.20. The summed E-state index contributed by atoms with van der Waals surface area (Å²) >= 11 is 0. The van der Waals surface area contributed by atoms with Crippen LogP contribution in [-0.2, 0) is 9.53 Å². The predicted molar refractivity (Wildman–Crippen MR) is 88.6 cm³/mol. The first-order chi connectivity index (χ1) is 11.7. The van der Waals surface area contributed by atoms with Crippen molar-refractivity contribution in [1.29, 1.82) is 10.5 Å². The molecule has 0 atom stereocenters. The van der Waals surface area contributed by atoms with Gasteiger partial charge in [-0.1, -0.05) is 24.3 Å². The van der Waals surface area contributed by atoms with Crippen LogP contribution in [0.25, 0.3) is 11.6 Å². The Balaban J connectivity index is 2.14. The fourth-order valence-electron chi connectivity index (χ4n) is 1.93. The Hall–Kier alpha value is -3.57. The Morgan fingerprint density at radius 2 is 1.75 bits per heavy atom. The van der Waals surface area contributed by atoms with Crippen molar-refractivity contribution in [1.82, 2.24) is 0 Å². The van der Waals surface area contributed by atoms with Crippen molar-refractivity contribution < 1.29 is 14.3 Å². The quantitative estimate of drug-likeness (QED) is 0.480. The minimum atomic E-state index is -0.452. The lowest BCUT2D eigenvalue weighted by Crippen LogP contribution is -2.12. The molecule has 0 saturated heterocycles. The van der Waals surface area contributed by atoms with Crippen LogP contribution in [0.1, 0.15) is 16.7 Å². The first kappa shape index (κ1) is 16.8. The van der Waals surface area contributed by atoms with Gasteiger partial charge in [-0.3, -0.25) is 0 Å². The van der Waals surface area contributed by atoms with Crippen LogP contribution in [0.2, 0.25) is 0 Å². The van der Waals surface area contributed by atoms with Gasteiger partial charge in [0.25, 0.3) is 0 Å². The first-order valence-electron chi connectivity index (χ1n) is 7.08. The van der Waals surface area contributed by atoms with Crippen molar-refractivity contribution in [3.63, 3.8) is 0 Å². The van der Waals surface area contributed by atoms with E-state index in [9.17, 15) is 10.1 Å². The van der Waals surface area contributed by atoms with Crippen LogP contribution in [0.3, 0.4) is 0 Å². The third-order valence-corrected chi connectivity index (χ3v) is 3.22. The largest absolute Gasteiger partial charge is 0.482 e. The van der Waals surface area contributed by atoms with E-state index in [1.54, 1.807) is 54.6 Å². The number of hydrogen-bond donors (Lipinski definition) is 0. The van der Waals surface area contributed by atoms with Gasteiger partial charge in [0.05, 0.1) is 30.4 Å². The topological polar surface area (TPSA) is 83.1 Å². The summed E-state index contributed by atoms with van der Waals surface area (Å²) in [6, 6.07) is 18.0. The maximum absolute atomic E-state index is 11.0. The number of nitrogens with zero attached hydrogens (tertiary/aromatic N) is 2. The molecule has 0 aliphatic heterocycles. The summed E-state index contributed by atoms with van der Waals surface area (Å²) in [5.41, 5.74) is 2.59. The molecule has 5 nitrogen and oxygen atoms in total. The van der Waals surface area contributed by atoms with Crippen molar-refractivity contribution in [3.05, 3.63) is 65.2 Å². The molecule has 2 rings (SSSR count). The molecule has 2 aromatic carbocycles. The lowest BCUT2D eigenvalue weighted by atomic mass is 10.0. The molecule has 0 N–H and O–H groups in total. The van der Waals surface area contributed by atoms with Crippen LogP contribution < -0.4 is 4.74 Å². The number of esters is 1. The van der Waals surface area contributed by atoms with Gasteiger partial charge < -0.3 is 9.47 Å². The van der Waals surface area contributed by atoms with E-state index in [-0.39, 0.29) is 6.61 Å². The van der Waals surface area contributed by atoms with Gasteiger partial charge in [0.15, 0.2) is 6.61 Å². The monoisotopic (exact) mass is 318 g/mol. The van der Waals surface area contributed by atoms with Gasteiger partial charge in [-0.05, 0) is 41.5 Å². The molecule has 0 spiro atoms. The van der Waals surface area contributed by atoms with Gasteiger partial charge in [-0.2, -0.15) is 10.5 Å². The maximum Gasteiger partial charge on any atom is 0.343 e. The number of benzene rings is 2. The minimum absolute atomic E-state index is 0.152. The van der Waals surface area contributed by atoms with E-state index in [4.69, 9.17) is 10.00 Å². The zero-order chi connectivity index (χ0) is 17.4. The molecular weight excluding hydrogens is 304 g/mol. The van der Waals surface area contributed by atoms with E-state index in [0.717, 1.165) is 11.1 Å². The van der Waals surface area contributed by atoms with E-state index in [1.807, 2.05) is 6.07 Å². The Bertz CT molecular complexity index is 823. The van der Waals surface area contributed by atoms with E-state index in [0.29, 0.717) is 16.9 Å². The molecule has 0 fully saturated rings. The van der Waals surface area contributed by atoms with E-state index >= 15 is 0 Å². The van der Waals surface area contributed by atoms with Crippen molar-refractivity contribution in [2.75, 3.05) is 13.7 Å². The SMILES string of the molecule is COC(=O)COc1ccc(C=C(C#N)c2ccc(C#N)cc2)cc1. The normalized spacial score (nSPS) is 10.4. The Morgan fingerprint density at radius 3 is 2.29 bits per heavy atom. The summed E-state index contributed by atoms with van der Waals surface area (Å²) in [6.45, 7) is -0.152. The van der Waals surface area contributed by atoms with Crippen molar-refractivity contribution in [2.45, 2.75) is 0 Å². The summed E-state index contributed by atoms with van der Waals surface area (Å²) in [4.78, 5) is 11.0. The second-order valence-corrected chi connectivity index (χ2v) is 4.79.